The zero-order valence-corrected chi connectivity index (χ0v) is 14.7. The normalized spacial score (nSPS) is 12.9. The van der Waals surface area contributed by atoms with Gasteiger partial charge in [0, 0.05) is 25.8 Å². The third-order valence-electron chi connectivity index (χ3n) is 3.94. The van der Waals surface area contributed by atoms with Crippen LogP contribution < -0.4 is 10.6 Å². The van der Waals surface area contributed by atoms with E-state index in [1.807, 2.05) is 18.2 Å². The van der Waals surface area contributed by atoms with Crippen LogP contribution >= 0.6 is 0 Å². The van der Waals surface area contributed by atoms with Crippen LogP contribution in [0, 0.1) is 0 Å². The van der Waals surface area contributed by atoms with E-state index in [0.717, 1.165) is 24.6 Å². The van der Waals surface area contributed by atoms with Crippen LogP contribution in [-0.2, 0) is 13.0 Å². The number of pyridine rings is 1. The minimum Gasteiger partial charge on any atom is -0.355 e. The summed E-state index contributed by atoms with van der Waals surface area (Å²) in [4.78, 5) is 10.8. The molecule has 0 aliphatic heterocycles. The molecule has 2 aromatic rings. The maximum atomic E-state index is 4.31. The van der Waals surface area contributed by atoms with Gasteiger partial charge in [0.05, 0.1) is 12.2 Å². The van der Waals surface area contributed by atoms with Crippen molar-refractivity contribution in [3.05, 3.63) is 66.0 Å². The number of aliphatic imine (C=N–C) groups is 1. The average Bonchev–Trinajstić information content (AvgIpc) is 2.62. The molecule has 2 N–H and O–H groups in total. The predicted molar refractivity (Wildman–Crippen MR) is 100 cm³/mol. The maximum Gasteiger partial charge on any atom is 0.191 e. The van der Waals surface area contributed by atoms with Gasteiger partial charge in [0.25, 0.3) is 0 Å². The monoisotopic (exact) mass is 325 g/mol. The third kappa shape index (κ3) is 6.01. The van der Waals surface area contributed by atoms with Crippen LogP contribution in [0.5, 0.6) is 0 Å². The Labute approximate surface area is 144 Å². The summed E-state index contributed by atoms with van der Waals surface area (Å²) in [6, 6.07) is 16.9. The number of hydrogen-bond acceptors (Lipinski definition) is 3. The fourth-order valence-corrected chi connectivity index (χ4v) is 2.44. The number of hydrogen-bond donors (Lipinski definition) is 2. The molecule has 0 aliphatic carbocycles. The van der Waals surface area contributed by atoms with Crippen molar-refractivity contribution in [1.82, 2.24) is 20.5 Å². The van der Waals surface area contributed by atoms with Gasteiger partial charge in [0.2, 0.25) is 0 Å². The molecule has 24 heavy (non-hydrogen) atoms. The molecular formula is C19H27N5. The van der Waals surface area contributed by atoms with Crippen LogP contribution in [-0.4, -0.2) is 49.6 Å². The lowest BCUT2D eigenvalue weighted by Gasteiger charge is -2.25. The first-order chi connectivity index (χ1) is 11.7. The lowest BCUT2D eigenvalue weighted by Crippen LogP contribution is -2.45. The largest absolute Gasteiger partial charge is 0.355 e. The zero-order valence-electron chi connectivity index (χ0n) is 14.7. The van der Waals surface area contributed by atoms with Gasteiger partial charge in [-0.3, -0.25) is 9.98 Å². The number of nitrogens with one attached hydrogen (secondary N) is 2. The summed E-state index contributed by atoms with van der Waals surface area (Å²) in [7, 11) is 6.01. The Bertz CT molecular complexity index is 610. The van der Waals surface area contributed by atoms with Crippen molar-refractivity contribution in [3.8, 4) is 0 Å². The van der Waals surface area contributed by atoms with E-state index in [1.165, 1.54) is 5.56 Å². The molecule has 128 valence electrons. The van der Waals surface area contributed by atoms with E-state index in [2.05, 4.69) is 69.9 Å². The number of aromatic nitrogens is 1. The summed E-state index contributed by atoms with van der Waals surface area (Å²) < 4.78 is 0. The molecule has 0 saturated carbocycles. The Morgan fingerprint density at radius 3 is 2.46 bits per heavy atom. The highest BCUT2D eigenvalue weighted by atomic mass is 15.2. The van der Waals surface area contributed by atoms with Gasteiger partial charge in [-0.15, -0.1) is 0 Å². The lowest BCUT2D eigenvalue weighted by molar-refractivity contribution is 0.290. The van der Waals surface area contributed by atoms with Gasteiger partial charge in [-0.1, -0.05) is 36.4 Å². The topological polar surface area (TPSA) is 52.6 Å². The molecular weight excluding hydrogens is 298 g/mol. The Morgan fingerprint density at radius 2 is 1.83 bits per heavy atom. The van der Waals surface area contributed by atoms with E-state index in [0.29, 0.717) is 12.6 Å². The maximum absolute atomic E-state index is 4.31. The SMILES string of the molecule is CN=C(NCc1ccccn1)NCC(Cc1ccccc1)N(C)C. The van der Waals surface area contributed by atoms with Gasteiger partial charge in [0.1, 0.15) is 0 Å². The summed E-state index contributed by atoms with van der Waals surface area (Å²) >= 11 is 0. The Kier molecular flexibility index (Phi) is 7.23. The highest BCUT2D eigenvalue weighted by Crippen LogP contribution is 2.06. The molecule has 1 aromatic carbocycles. The Balaban J connectivity index is 1.85. The average molecular weight is 325 g/mol. The predicted octanol–water partition coefficient (Wildman–Crippen LogP) is 1.92. The van der Waals surface area contributed by atoms with Crippen molar-refractivity contribution in [2.75, 3.05) is 27.7 Å². The van der Waals surface area contributed by atoms with Crippen LogP contribution in [0.2, 0.25) is 0 Å². The lowest BCUT2D eigenvalue weighted by atomic mass is 10.1. The fraction of sp³-hybridized carbons (Fsp3) is 0.368. The Hall–Kier alpha value is -2.40. The van der Waals surface area contributed by atoms with Crippen molar-refractivity contribution in [2.45, 2.75) is 19.0 Å². The van der Waals surface area contributed by atoms with Gasteiger partial charge in [-0.25, -0.2) is 0 Å². The molecule has 0 spiro atoms. The van der Waals surface area contributed by atoms with Crippen LogP contribution in [0.1, 0.15) is 11.3 Å². The van der Waals surface area contributed by atoms with Gasteiger partial charge in [-0.05, 0) is 38.2 Å². The molecule has 1 heterocycles. The van der Waals surface area contributed by atoms with Crippen molar-refractivity contribution in [3.63, 3.8) is 0 Å². The molecule has 0 radical (unpaired) electrons. The number of benzene rings is 1. The van der Waals surface area contributed by atoms with Gasteiger partial charge in [0.15, 0.2) is 5.96 Å². The molecule has 5 nitrogen and oxygen atoms in total. The van der Waals surface area contributed by atoms with E-state index >= 15 is 0 Å². The van der Waals surface area contributed by atoms with Crippen molar-refractivity contribution in [1.29, 1.82) is 0 Å². The Morgan fingerprint density at radius 1 is 1.08 bits per heavy atom. The molecule has 0 bridgehead atoms. The molecule has 0 aliphatic rings. The summed E-state index contributed by atoms with van der Waals surface area (Å²) in [6.45, 7) is 1.48. The number of nitrogens with zero attached hydrogens (tertiary/aromatic N) is 3. The van der Waals surface area contributed by atoms with Crippen LogP contribution in [0.4, 0.5) is 0 Å². The van der Waals surface area contributed by atoms with E-state index in [9.17, 15) is 0 Å². The standard InChI is InChI=1S/C19H27N5/c1-20-19(22-14-17-11-7-8-12-21-17)23-15-18(24(2)3)13-16-9-5-4-6-10-16/h4-12,18H,13-15H2,1-3H3,(H2,20,22,23). The second-order valence-electron chi connectivity index (χ2n) is 5.93. The summed E-state index contributed by atoms with van der Waals surface area (Å²) in [5, 5.41) is 6.71. The van der Waals surface area contributed by atoms with E-state index in [-0.39, 0.29) is 0 Å². The highest BCUT2D eigenvalue weighted by Gasteiger charge is 2.13. The second kappa shape index (κ2) is 9.67. The first-order valence-corrected chi connectivity index (χ1v) is 8.24. The molecule has 0 fully saturated rings. The second-order valence-corrected chi connectivity index (χ2v) is 5.93. The minimum absolute atomic E-state index is 0.390. The summed E-state index contributed by atoms with van der Waals surface area (Å²) in [6.07, 6.45) is 2.80. The van der Waals surface area contributed by atoms with Crippen molar-refractivity contribution >= 4 is 5.96 Å². The van der Waals surface area contributed by atoms with Gasteiger partial charge in [-0.2, -0.15) is 0 Å². The van der Waals surface area contributed by atoms with E-state index in [4.69, 9.17) is 0 Å². The number of likely N-dealkylation sites (N-methyl/N-ethyl adjacent to an activating group) is 1. The molecule has 1 unspecified atom stereocenters. The van der Waals surface area contributed by atoms with Crippen molar-refractivity contribution in [2.24, 2.45) is 4.99 Å². The first kappa shape index (κ1) is 17.9. The van der Waals surface area contributed by atoms with Crippen molar-refractivity contribution < 1.29 is 0 Å². The first-order valence-electron chi connectivity index (χ1n) is 8.24. The molecule has 0 saturated heterocycles. The number of guanidine groups is 1. The summed E-state index contributed by atoms with van der Waals surface area (Å²) in [5.74, 6) is 0.792. The van der Waals surface area contributed by atoms with Crippen LogP contribution in [0.3, 0.4) is 0 Å². The minimum atomic E-state index is 0.390. The molecule has 0 amide bonds. The molecule has 1 atom stereocenters. The van der Waals surface area contributed by atoms with Gasteiger partial charge < -0.3 is 15.5 Å². The molecule has 5 heteroatoms. The molecule has 1 aromatic heterocycles. The van der Waals surface area contributed by atoms with E-state index in [1.54, 1.807) is 13.2 Å². The fourth-order valence-electron chi connectivity index (χ4n) is 2.44. The van der Waals surface area contributed by atoms with Crippen LogP contribution in [0.15, 0.2) is 59.7 Å². The quantitative estimate of drug-likeness (QED) is 0.603. The smallest absolute Gasteiger partial charge is 0.191 e. The van der Waals surface area contributed by atoms with E-state index < -0.39 is 0 Å². The zero-order chi connectivity index (χ0) is 17.2. The summed E-state index contributed by atoms with van der Waals surface area (Å²) in [5.41, 5.74) is 2.34. The van der Waals surface area contributed by atoms with Crippen LogP contribution in [0.25, 0.3) is 0 Å². The number of rotatable bonds is 7. The molecule has 2 rings (SSSR count). The third-order valence-corrected chi connectivity index (χ3v) is 3.94. The highest BCUT2D eigenvalue weighted by molar-refractivity contribution is 5.79. The van der Waals surface area contributed by atoms with Gasteiger partial charge >= 0.3 is 0 Å².